The van der Waals surface area contributed by atoms with Crippen molar-refractivity contribution in [3.05, 3.63) is 35.9 Å². The molecule has 4 heteroatoms. The van der Waals surface area contributed by atoms with Crippen LogP contribution in [0.25, 0.3) is 0 Å². The third-order valence-electron chi connectivity index (χ3n) is 4.04. The van der Waals surface area contributed by atoms with Gasteiger partial charge in [0.1, 0.15) is 0 Å². The summed E-state index contributed by atoms with van der Waals surface area (Å²) < 4.78 is 0. The van der Waals surface area contributed by atoms with E-state index in [1.807, 2.05) is 6.07 Å². The molecule has 0 radical (unpaired) electrons. The Hall–Kier alpha value is -1.39. The van der Waals surface area contributed by atoms with Gasteiger partial charge in [-0.25, -0.2) is 0 Å². The Bertz CT molecular complexity index is 431. The van der Waals surface area contributed by atoms with Crippen LogP contribution in [0.15, 0.2) is 30.3 Å². The second kappa shape index (κ2) is 8.15. The summed E-state index contributed by atoms with van der Waals surface area (Å²) in [5.41, 5.74) is 1.30. The first-order valence-corrected chi connectivity index (χ1v) is 7.86. The molecule has 1 aliphatic carbocycles. The zero-order valence-corrected chi connectivity index (χ0v) is 13.1. The summed E-state index contributed by atoms with van der Waals surface area (Å²) in [5, 5.41) is 6.21. The number of hydrogen-bond acceptors (Lipinski definition) is 3. The Morgan fingerprint density at radius 1 is 1.33 bits per heavy atom. The maximum atomic E-state index is 11.7. The van der Waals surface area contributed by atoms with Crippen molar-refractivity contribution in [2.24, 2.45) is 5.92 Å². The van der Waals surface area contributed by atoms with Gasteiger partial charge in [0.05, 0.1) is 6.54 Å². The molecular weight excluding hydrogens is 262 g/mol. The summed E-state index contributed by atoms with van der Waals surface area (Å²) in [4.78, 5) is 14.0. The molecule has 21 heavy (non-hydrogen) atoms. The number of nitrogens with one attached hydrogen (secondary N) is 2. The highest BCUT2D eigenvalue weighted by Crippen LogP contribution is 2.27. The van der Waals surface area contributed by atoms with Crippen LogP contribution < -0.4 is 10.6 Å². The van der Waals surface area contributed by atoms with E-state index < -0.39 is 0 Å². The molecule has 0 bridgehead atoms. The third-order valence-corrected chi connectivity index (χ3v) is 4.04. The number of carbonyl (C=O) groups excluding carboxylic acids is 1. The first kappa shape index (κ1) is 16.0. The Labute approximate surface area is 127 Å². The van der Waals surface area contributed by atoms with Gasteiger partial charge in [0.2, 0.25) is 5.91 Å². The molecule has 2 rings (SSSR count). The smallest absolute Gasteiger partial charge is 0.234 e. The monoisotopic (exact) mass is 289 g/mol. The van der Waals surface area contributed by atoms with Crippen molar-refractivity contribution in [3.8, 4) is 0 Å². The van der Waals surface area contributed by atoms with E-state index in [4.69, 9.17) is 0 Å². The Morgan fingerprint density at radius 2 is 2.05 bits per heavy atom. The molecule has 1 saturated carbocycles. The van der Waals surface area contributed by atoms with E-state index in [0.29, 0.717) is 19.1 Å². The van der Waals surface area contributed by atoms with E-state index in [1.165, 1.54) is 18.4 Å². The van der Waals surface area contributed by atoms with Gasteiger partial charge in [-0.05, 0) is 44.8 Å². The second-order valence-corrected chi connectivity index (χ2v) is 6.13. The van der Waals surface area contributed by atoms with E-state index in [1.54, 1.807) is 0 Å². The van der Waals surface area contributed by atoms with E-state index >= 15 is 0 Å². The van der Waals surface area contributed by atoms with Crippen LogP contribution in [0.3, 0.4) is 0 Å². The quantitative estimate of drug-likeness (QED) is 0.726. The Kier molecular flexibility index (Phi) is 6.21. The number of hydrogen-bond donors (Lipinski definition) is 2. The lowest BCUT2D eigenvalue weighted by Gasteiger charge is -2.25. The van der Waals surface area contributed by atoms with Gasteiger partial charge in [0.25, 0.3) is 0 Å². The first-order valence-electron chi connectivity index (χ1n) is 7.86. The molecule has 1 aromatic carbocycles. The lowest BCUT2D eigenvalue weighted by Crippen LogP contribution is -2.42. The minimum atomic E-state index is 0.0932. The van der Waals surface area contributed by atoms with Gasteiger partial charge in [-0.3, -0.25) is 9.69 Å². The lowest BCUT2D eigenvalue weighted by molar-refractivity contribution is -0.120. The summed E-state index contributed by atoms with van der Waals surface area (Å²) in [6, 6.07) is 10.7. The average molecular weight is 289 g/mol. The zero-order valence-electron chi connectivity index (χ0n) is 13.1. The van der Waals surface area contributed by atoms with Crippen molar-refractivity contribution in [2.45, 2.75) is 32.4 Å². The van der Waals surface area contributed by atoms with Crippen LogP contribution in [-0.2, 0) is 11.3 Å². The minimum Gasteiger partial charge on any atom is -0.353 e. The fourth-order valence-electron chi connectivity index (χ4n) is 2.22. The largest absolute Gasteiger partial charge is 0.353 e. The van der Waals surface area contributed by atoms with Gasteiger partial charge in [0.15, 0.2) is 0 Å². The lowest BCUT2D eigenvalue weighted by atomic mass is 10.2. The summed E-state index contributed by atoms with van der Waals surface area (Å²) >= 11 is 0. The maximum absolute atomic E-state index is 11.7. The van der Waals surface area contributed by atoms with Crippen LogP contribution >= 0.6 is 0 Å². The molecule has 0 heterocycles. The number of nitrogens with zero attached hydrogens (tertiary/aromatic N) is 1. The molecule has 1 fully saturated rings. The van der Waals surface area contributed by atoms with Gasteiger partial charge >= 0.3 is 0 Å². The van der Waals surface area contributed by atoms with Crippen LogP contribution in [0, 0.1) is 5.92 Å². The third kappa shape index (κ3) is 6.27. The topological polar surface area (TPSA) is 44.4 Å². The molecule has 1 aromatic rings. The molecule has 0 saturated heterocycles. The van der Waals surface area contributed by atoms with Crippen LogP contribution in [0.2, 0.25) is 0 Å². The second-order valence-electron chi connectivity index (χ2n) is 6.13. The van der Waals surface area contributed by atoms with Crippen molar-refractivity contribution in [1.82, 2.24) is 15.5 Å². The molecule has 0 aliphatic heterocycles. The van der Waals surface area contributed by atoms with Gasteiger partial charge in [-0.2, -0.15) is 0 Å². The highest BCUT2D eigenvalue weighted by molar-refractivity contribution is 5.77. The SMILES string of the molecule is CC(CNC(=O)CNCC1CC1)N(C)Cc1ccccc1. The number of likely N-dealkylation sites (N-methyl/N-ethyl adjacent to an activating group) is 1. The first-order chi connectivity index (χ1) is 10.1. The van der Waals surface area contributed by atoms with Gasteiger partial charge in [0, 0.05) is 19.1 Å². The molecule has 1 amide bonds. The summed E-state index contributed by atoms with van der Waals surface area (Å²) in [6.45, 7) is 5.15. The molecule has 4 nitrogen and oxygen atoms in total. The Balaban J connectivity index is 1.60. The van der Waals surface area contributed by atoms with Gasteiger partial charge in [-0.1, -0.05) is 30.3 Å². The predicted octanol–water partition coefficient (Wildman–Crippen LogP) is 1.62. The highest BCUT2D eigenvalue weighted by atomic mass is 16.1. The predicted molar refractivity (Wildman–Crippen MR) is 86.0 cm³/mol. The van der Waals surface area contributed by atoms with Crippen molar-refractivity contribution < 1.29 is 4.79 Å². The zero-order chi connectivity index (χ0) is 15.1. The van der Waals surface area contributed by atoms with Gasteiger partial charge in [-0.15, -0.1) is 0 Å². The van der Waals surface area contributed by atoms with Crippen molar-refractivity contribution in [3.63, 3.8) is 0 Å². The van der Waals surface area contributed by atoms with E-state index in [0.717, 1.165) is 19.0 Å². The van der Waals surface area contributed by atoms with E-state index in [-0.39, 0.29) is 5.91 Å². The molecule has 0 spiro atoms. The fraction of sp³-hybridized carbons (Fsp3) is 0.588. The van der Waals surface area contributed by atoms with Crippen LogP contribution in [0.4, 0.5) is 0 Å². The maximum Gasteiger partial charge on any atom is 0.234 e. The number of rotatable bonds is 9. The van der Waals surface area contributed by atoms with Gasteiger partial charge < -0.3 is 10.6 Å². The van der Waals surface area contributed by atoms with Crippen LogP contribution in [0.1, 0.15) is 25.3 Å². The normalized spacial score (nSPS) is 16.0. The van der Waals surface area contributed by atoms with Crippen molar-refractivity contribution in [2.75, 3.05) is 26.7 Å². The van der Waals surface area contributed by atoms with Crippen molar-refractivity contribution in [1.29, 1.82) is 0 Å². The number of carbonyl (C=O) groups is 1. The molecule has 1 atom stereocenters. The molecule has 116 valence electrons. The number of benzene rings is 1. The molecule has 0 aromatic heterocycles. The molecule has 1 unspecified atom stereocenters. The summed E-state index contributed by atoms with van der Waals surface area (Å²) in [7, 11) is 2.09. The molecule has 1 aliphatic rings. The Morgan fingerprint density at radius 3 is 2.71 bits per heavy atom. The summed E-state index contributed by atoms with van der Waals surface area (Å²) in [6.07, 6.45) is 2.63. The molecular formula is C17H27N3O. The minimum absolute atomic E-state index is 0.0932. The highest BCUT2D eigenvalue weighted by Gasteiger charge is 2.20. The van der Waals surface area contributed by atoms with Crippen LogP contribution in [0.5, 0.6) is 0 Å². The fourth-order valence-corrected chi connectivity index (χ4v) is 2.22. The van der Waals surface area contributed by atoms with E-state index in [2.05, 4.69) is 53.8 Å². The average Bonchev–Trinajstić information content (AvgIpc) is 3.30. The van der Waals surface area contributed by atoms with Crippen LogP contribution in [-0.4, -0.2) is 43.5 Å². The summed E-state index contributed by atoms with van der Waals surface area (Å²) in [5.74, 6) is 0.907. The number of amides is 1. The standard InChI is InChI=1S/C17H27N3O/c1-14(20(2)13-16-6-4-3-5-7-16)10-19-17(21)12-18-11-15-8-9-15/h3-7,14-15,18H,8-13H2,1-2H3,(H,19,21). The molecule has 2 N–H and O–H groups in total. The van der Waals surface area contributed by atoms with Crippen molar-refractivity contribution >= 4 is 5.91 Å². The van der Waals surface area contributed by atoms with E-state index in [9.17, 15) is 4.79 Å².